The molecule has 0 bridgehead atoms. The number of ether oxygens (including phenoxy) is 1. The van der Waals surface area contributed by atoms with E-state index < -0.39 is 38.6 Å². The molecule has 1 N–H and O–H groups in total. The summed E-state index contributed by atoms with van der Waals surface area (Å²) in [5.41, 5.74) is 0.690. The lowest BCUT2D eigenvalue weighted by Gasteiger charge is -2.17. The Bertz CT molecular complexity index is 825. The zero-order chi connectivity index (χ0) is 17.7. The van der Waals surface area contributed by atoms with E-state index in [1.54, 1.807) is 30.3 Å². The lowest BCUT2D eigenvalue weighted by atomic mass is 10.1. The van der Waals surface area contributed by atoms with Crippen molar-refractivity contribution >= 4 is 16.0 Å². The second-order valence-electron chi connectivity index (χ2n) is 4.96. The Labute approximate surface area is 138 Å². The predicted molar refractivity (Wildman–Crippen MR) is 82.6 cm³/mol. The zero-order valence-electron chi connectivity index (χ0n) is 12.7. The van der Waals surface area contributed by atoms with Gasteiger partial charge >= 0.3 is 5.97 Å². The summed E-state index contributed by atoms with van der Waals surface area (Å²) in [6.07, 6.45) is 0.0234. The molecule has 0 aromatic heterocycles. The van der Waals surface area contributed by atoms with E-state index in [1.807, 2.05) is 0 Å². The molecule has 1 atom stereocenters. The third-order valence-corrected chi connectivity index (χ3v) is 4.75. The van der Waals surface area contributed by atoms with Gasteiger partial charge in [0, 0.05) is 6.07 Å². The minimum Gasteiger partial charge on any atom is -0.468 e. The number of carbonyl (C=O) groups is 1. The molecule has 2 aromatic carbocycles. The molecule has 2 aromatic rings. The van der Waals surface area contributed by atoms with Crippen molar-refractivity contribution < 1.29 is 26.7 Å². The van der Waals surface area contributed by atoms with E-state index in [-0.39, 0.29) is 6.42 Å². The van der Waals surface area contributed by atoms with Crippen LogP contribution in [0.1, 0.15) is 5.56 Å². The highest BCUT2D eigenvalue weighted by Crippen LogP contribution is 2.17. The maximum absolute atomic E-state index is 13.7. The molecule has 24 heavy (non-hydrogen) atoms. The van der Waals surface area contributed by atoms with E-state index in [2.05, 4.69) is 9.46 Å². The van der Waals surface area contributed by atoms with Gasteiger partial charge in [0.15, 0.2) is 0 Å². The molecule has 0 spiro atoms. The fraction of sp³-hybridized carbons (Fsp3) is 0.188. The van der Waals surface area contributed by atoms with Crippen LogP contribution < -0.4 is 4.72 Å². The molecule has 8 heteroatoms. The summed E-state index contributed by atoms with van der Waals surface area (Å²) in [4.78, 5) is 11.1. The Morgan fingerprint density at radius 1 is 1.17 bits per heavy atom. The third-order valence-electron chi connectivity index (χ3n) is 3.25. The van der Waals surface area contributed by atoms with Gasteiger partial charge in [-0.15, -0.1) is 0 Å². The van der Waals surface area contributed by atoms with Gasteiger partial charge in [-0.05, 0) is 24.1 Å². The molecule has 0 aliphatic heterocycles. The van der Waals surface area contributed by atoms with Gasteiger partial charge in [-0.1, -0.05) is 30.3 Å². The smallest absolute Gasteiger partial charge is 0.324 e. The van der Waals surface area contributed by atoms with Crippen molar-refractivity contribution in [2.24, 2.45) is 0 Å². The number of benzene rings is 2. The summed E-state index contributed by atoms with van der Waals surface area (Å²) in [7, 11) is -3.26. The first-order chi connectivity index (χ1) is 11.3. The highest BCUT2D eigenvalue weighted by atomic mass is 32.2. The van der Waals surface area contributed by atoms with Crippen molar-refractivity contribution in [3.63, 3.8) is 0 Å². The standard InChI is InChI=1S/C16H15F2NO4S/c1-23-16(20)14(9-11-5-3-2-4-6-11)19-24(21,22)15-8-7-12(17)10-13(15)18/h2-8,10,14,19H,9H2,1H3. The van der Waals surface area contributed by atoms with Crippen molar-refractivity contribution in [2.75, 3.05) is 7.11 Å². The van der Waals surface area contributed by atoms with Crippen LogP contribution in [-0.2, 0) is 26.0 Å². The van der Waals surface area contributed by atoms with E-state index in [1.165, 1.54) is 0 Å². The summed E-state index contributed by atoms with van der Waals surface area (Å²) >= 11 is 0. The van der Waals surface area contributed by atoms with Crippen LogP contribution >= 0.6 is 0 Å². The molecule has 5 nitrogen and oxygen atoms in total. The number of sulfonamides is 1. The zero-order valence-corrected chi connectivity index (χ0v) is 13.5. The molecule has 0 saturated carbocycles. The van der Waals surface area contributed by atoms with Crippen molar-refractivity contribution in [1.29, 1.82) is 0 Å². The van der Waals surface area contributed by atoms with Crippen LogP contribution in [0, 0.1) is 11.6 Å². The Morgan fingerprint density at radius 2 is 1.83 bits per heavy atom. The van der Waals surface area contributed by atoms with Crippen LogP contribution in [0.2, 0.25) is 0 Å². The number of hydrogen-bond donors (Lipinski definition) is 1. The number of hydrogen-bond acceptors (Lipinski definition) is 4. The molecular formula is C16H15F2NO4S. The lowest BCUT2D eigenvalue weighted by molar-refractivity contribution is -0.142. The monoisotopic (exact) mass is 355 g/mol. The molecule has 0 heterocycles. The van der Waals surface area contributed by atoms with Crippen LogP contribution in [0.25, 0.3) is 0 Å². The maximum Gasteiger partial charge on any atom is 0.324 e. The molecule has 0 aliphatic carbocycles. The van der Waals surface area contributed by atoms with Crippen molar-refractivity contribution in [2.45, 2.75) is 17.4 Å². The van der Waals surface area contributed by atoms with E-state index in [9.17, 15) is 22.0 Å². The lowest BCUT2D eigenvalue weighted by Crippen LogP contribution is -2.43. The highest BCUT2D eigenvalue weighted by Gasteiger charge is 2.28. The molecule has 0 fully saturated rings. The Balaban J connectivity index is 2.29. The number of rotatable bonds is 6. The van der Waals surface area contributed by atoms with Gasteiger partial charge in [0.1, 0.15) is 22.6 Å². The van der Waals surface area contributed by atoms with Crippen molar-refractivity contribution in [3.05, 3.63) is 65.7 Å². The van der Waals surface area contributed by atoms with Crippen LogP contribution in [0.5, 0.6) is 0 Å². The van der Waals surface area contributed by atoms with Crippen LogP contribution in [-0.4, -0.2) is 27.5 Å². The molecule has 0 amide bonds. The Kier molecular flexibility index (Phi) is 5.63. The van der Waals surface area contributed by atoms with E-state index >= 15 is 0 Å². The minimum atomic E-state index is -4.37. The van der Waals surface area contributed by atoms with Gasteiger partial charge < -0.3 is 4.74 Å². The first kappa shape index (κ1) is 18.0. The van der Waals surface area contributed by atoms with Crippen molar-refractivity contribution in [1.82, 2.24) is 4.72 Å². The number of nitrogens with one attached hydrogen (secondary N) is 1. The topological polar surface area (TPSA) is 72.5 Å². The molecule has 0 saturated heterocycles. The summed E-state index contributed by atoms with van der Waals surface area (Å²) in [5, 5.41) is 0. The highest BCUT2D eigenvalue weighted by molar-refractivity contribution is 7.89. The van der Waals surface area contributed by atoms with Gasteiger partial charge in [0.05, 0.1) is 7.11 Å². The average Bonchev–Trinajstić information content (AvgIpc) is 2.53. The molecule has 128 valence electrons. The third kappa shape index (κ3) is 4.36. The Morgan fingerprint density at radius 3 is 2.42 bits per heavy atom. The molecular weight excluding hydrogens is 340 g/mol. The number of esters is 1. The maximum atomic E-state index is 13.7. The number of halogens is 2. The second kappa shape index (κ2) is 7.50. The van der Waals surface area contributed by atoms with E-state index in [0.29, 0.717) is 11.6 Å². The van der Waals surface area contributed by atoms with E-state index in [4.69, 9.17) is 0 Å². The predicted octanol–water partition coefficient (Wildman–Crippen LogP) is 2.03. The number of carbonyl (C=O) groups excluding carboxylic acids is 1. The summed E-state index contributed by atoms with van der Waals surface area (Å²) in [6.45, 7) is 0. The van der Waals surface area contributed by atoms with Gasteiger partial charge in [-0.25, -0.2) is 17.2 Å². The second-order valence-corrected chi connectivity index (χ2v) is 6.64. The Hall–Kier alpha value is -2.32. The van der Waals surface area contributed by atoms with Gasteiger partial charge in [-0.2, -0.15) is 4.72 Å². The summed E-state index contributed by atoms with van der Waals surface area (Å²) in [5.74, 6) is -2.96. The quantitative estimate of drug-likeness (QED) is 0.805. The molecule has 1 unspecified atom stereocenters. The van der Waals surface area contributed by atoms with Gasteiger partial charge in [0.25, 0.3) is 0 Å². The van der Waals surface area contributed by atoms with Crippen molar-refractivity contribution in [3.8, 4) is 0 Å². The molecule has 2 rings (SSSR count). The minimum absolute atomic E-state index is 0.0234. The van der Waals surface area contributed by atoms with Crippen LogP contribution in [0.15, 0.2) is 53.4 Å². The van der Waals surface area contributed by atoms with Crippen LogP contribution in [0.4, 0.5) is 8.78 Å². The number of methoxy groups -OCH3 is 1. The summed E-state index contributed by atoms with van der Waals surface area (Å²) < 4.78 is 58.0. The summed E-state index contributed by atoms with van der Waals surface area (Å²) in [6, 6.07) is 9.49. The average molecular weight is 355 g/mol. The SMILES string of the molecule is COC(=O)C(Cc1ccccc1)NS(=O)(=O)c1ccc(F)cc1F. The normalized spacial score (nSPS) is 12.6. The first-order valence-electron chi connectivity index (χ1n) is 6.92. The fourth-order valence-electron chi connectivity index (χ4n) is 2.11. The first-order valence-corrected chi connectivity index (χ1v) is 8.41. The fourth-order valence-corrected chi connectivity index (χ4v) is 3.35. The molecule has 0 aliphatic rings. The van der Waals surface area contributed by atoms with Gasteiger partial charge in [-0.3, -0.25) is 4.79 Å². The van der Waals surface area contributed by atoms with Crippen LogP contribution in [0.3, 0.4) is 0 Å². The largest absolute Gasteiger partial charge is 0.468 e. The molecule has 0 radical (unpaired) electrons. The van der Waals surface area contributed by atoms with Gasteiger partial charge in [0.2, 0.25) is 10.0 Å². The van der Waals surface area contributed by atoms with E-state index in [0.717, 1.165) is 19.2 Å².